The summed E-state index contributed by atoms with van der Waals surface area (Å²) in [5.74, 6) is -0.318. The Morgan fingerprint density at radius 1 is 1.27 bits per heavy atom. The van der Waals surface area contributed by atoms with Gasteiger partial charge >= 0.3 is 6.09 Å². The van der Waals surface area contributed by atoms with E-state index in [-0.39, 0.29) is 5.91 Å². The number of cyclic esters (lactones) is 1. The summed E-state index contributed by atoms with van der Waals surface area (Å²) >= 11 is 2.15. The number of hydrogen-bond acceptors (Lipinski definition) is 3. The highest BCUT2D eigenvalue weighted by atomic mass is 127. The summed E-state index contributed by atoms with van der Waals surface area (Å²) in [5, 5.41) is 0. The highest BCUT2D eigenvalue weighted by molar-refractivity contribution is 14.1. The summed E-state index contributed by atoms with van der Waals surface area (Å²) in [6.07, 6.45) is -1.29. The molecule has 5 heteroatoms. The van der Waals surface area contributed by atoms with Crippen molar-refractivity contribution in [3.05, 3.63) is 27.8 Å². The fourth-order valence-corrected chi connectivity index (χ4v) is 1.71. The fraction of sp³-hybridized carbons (Fsp3) is 0.200. The van der Waals surface area contributed by atoms with Crippen molar-refractivity contribution in [2.24, 2.45) is 0 Å². The minimum Gasteiger partial charge on any atom is -0.436 e. The van der Waals surface area contributed by atoms with Crippen molar-refractivity contribution >= 4 is 40.3 Å². The van der Waals surface area contributed by atoms with Gasteiger partial charge in [-0.05, 0) is 53.8 Å². The van der Waals surface area contributed by atoms with Gasteiger partial charge in [-0.1, -0.05) is 0 Å². The number of benzene rings is 1. The van der Waals surface area contributed by atoms with Gasteiger partial charge in [0.2, 0.25) is 0 Å². The van der Waals surface area contributed by atoms with Crippen LogP contribution in [0.3, 0.4) is 0 Å². The molecule has 0 bridgehead atoms. The van der Waals surface area contributed by atoms with E-state index in [1.807, 2.05) is 12.1 Å². The third-order valence-corrected chi connectivity index (χ3v) is 2.83. The Bertz CT molecular complexity index is 415. The molecule has 1 fully saturated rings. The van der Waals surface area contributed by atoms with Crippen LogP contribution in [0, 0.1) is 3.57 Å². The lowest BCUT2D eigenvalue weighted by Crippen LogP contribution is -2.30. The van der Waals surface area contributed by atoms with Crippen LogP contribution in [-0.4, -0.2) is 18.1 Å². The predicted octanol–water partition coefficient (Wildman–Crippen LogP) is 2.16. The van der Waals surface area contributed by atoms with Crippen LogP contribution >= 0.6 is 22.6 Å². The van der Waals surface area contributed by atoms with Gasteiger partial charge < -0.3 is 4.74 Å². The third-order valence-electron chi connectivity index (χ3n) is 2.11. The number of halogens is 1. The first-order chi connectivity index (χ1) is 7.09. The molecule has 0 saturated carbocycles. The lowest BCUT2D eigenvalue weighted by atomic mass is 10.3. The average molecular weight is 317 g/mol. The maximum absolute atomic E-state index is 11.6. The summed E-state index contributed by atoms with van der Waals surface area (Å²) in [4.78, 5) is 24.0. The molecule has 1 aliphatic heterocycles. The van der Waals surface area contributed by atoms with Crippen LogP contribution in [0.4, 0.5) is 10.5 Å². The third kappa shape index (κ3) is 1.83. The Kier molecular flexibility index (Phi) is 2.64. The van der Waals surface area contributed by atoms with Crippen molar-refractivity contribution in [1.82, 2.24) is 0 Å². The van der Waals surface area contributed by atoms with Crippen LogP contribution < -0.4 is 4.90 Å². The number of imide groups is 1. The number of carbonyl (C=O) groups is 2. The minimum absolute atomic E-state index is 0.318. The molecule has 0 aliphatic carbocycles. The molecule has 0 aromatic heterocycles. The van der Waals surface area contributed by atoms with E-state index in [4.69, 9.17) is 4.74 Å². The lowest BCUT2D eigenvalue weighted by Gasteiger charge is -2.10. The van der Waals surface area contributed by atoms with Gasteiger partial charge in [0, 0.05) is 3.57 Å². The quantitative estimate of drug-likeness (QED) is 0.746. The molecule has 15 heavy (non-hydrogen) atoms. The van der Waals surface area contributed by atoms with Gasteiger partial charge in [0.1, 0.15) is 0 Å². The monoisotopic (exact) mass is 317 g/mol. The number of hydrogen-bond donors (Lipinski definition) is 0. The maximum Gasteiger partial charge on any atom is 0.422 e. The zero-order chi connectivity index (χ0) is 11.0. The molecule has 1 heterocycles. The molecule has 4 nitrogen and oxygen atoms in total. The van der Waals surface area contributed by atoms with E-state index in [9.17, 15) is 9.59 Å². The molecule has 1 aliphatic rings. The Balaban J connectivity index is 2.35. The van der Waals surface area contributed by atoms with Crippen LogP contribution in [0.25, 0.3) is 0 Å². The van der Waals surface area contributed by atoms with Gasteiger partial charge in [-0.25, -0.2) is 9.69 Å². The molecular formula is C10H8INO3. The molecular weight excluding hydrogens is 309 g/mol. The van der Waals surface area contributed by atoms with Gasteiger partial charge in [0.05, 0.1) is 5.69 Å². The van der Waals surface area contributed by atoms with E-state index in [0.717, 1.165) is 8.47 Å². The molecule has 0 radical (unpaired) electrons. The second-order valence-corrected chi connectivity index (χ2v) is 4.42. The first-order valence-electron chi connectivity index (χ1n) is 4.40. The zero-order valence-corrected chi connectivity index (χ0v) is 10.1. The molecule has 0 N–H and O–H groups in total. The van der Waals surface area contributed by atoms with Gasteiger partial charge in [-0.3, -0.25) is 4.79 Å². The Morgan fingerprint density at radius 3 is 2.33 bits per heavy atom. The number of nitrogens with zero attached hydrogens (tertiary/aromatic N) is 1. The van der Waals surface area contributed by atoms with Gasteiger partial charge in [-0.15, -0.1) is 0 Å². The Morgan fingerprint density at radius 2 is 1.87 bits per heavy atom. The van der Waals surface area contributed by atoms with Gasteiger partial charge in [0.15, 0.2) is 6.10 Å². The molecule has 0 spiro atoms. The van der Waals surface area contributed by atoms with Gasteiger partial charge in [0.25, 0.3) is 5.91 Å². The van der Waals surface area contributed by atoms with Gasteiger partial charge in [-0.2, -0.15) is 0 Å². The minimum atomic E-state index is -0.684. The molecule has 2 rings (SSSR count). The van der Waals surface area contributed by atoms with E-state index in [0.29, 0.717) is 5.69 Å². The van der Waals surface area contributed by atoms with Crippen molar-refractivity contribution < 1.29 is 14.3 Å². The second kappa shape index (κ2) is 3.80. The van der Waals surface area contributed by atoms with Crippen molar-refractivity contribution in [3.63, 3.8) is 0 Å². The highest BCUT2D eigenvalue weighted by Gasteiger charge is 2.38. The van der Waals surface area contributed by atoms with Crippen molar-refractivity contribution in [2.75, 3.05) is 4.90 Å². The largest absolute Gasteiger partial charge is 0.436 e. The first-order valence-corrected chi connectivity index (χ1v) is 5.47. The Labute approximate surface area is 100 Å². The highest BCUT2D eigenvalue weighted by Crippen LogP contribution is 2.23. The van der Waals surface area contributed by atoms with Crippen molar-refractivity contribution in [2.45, 2.75) is 13.0 Å². The van der Waals surface area contributed by atoms with E-state index in [1.165, 1.54) is 0 Å². The standard InChI is InChI=1S/C10H8INO3/c1-6-9(13)12(10(14)15-6)8-4-2-7(11)3-5-8/h2-6H,1H3/t6-/m0/s1. The number of ether oxygens (including phenoxy) is 1. The SMILES string of the molecule is C[C@@H]1OC(=O)N(c2ccc(I)cc2)C1=O. The topological polar surface area (TPSA) is 46.6 Å². The number of carbonyl (C=O) groups excluding carboxylic acids is 2. The predicted molar refractivity (Wildman–Crippen MR) is 62.6 cm³/mol. The summed E-state index contributed by atoms with van der Waals surface area (Å²) in [6, 6.07) is 7.11. The van der Waals surface area contributed by atoms with Crippen LogP contribution in [0.5, 0.6) is 0 Å². The molecule has 0 unspecified atom stereocenters. The smallest absolute Gasteiger partial charge is 0.422 e. The van der Waals surface area contributed by atoms with E-state index in [1.54, 1.807) is 19.1 Å². The Hall–Kier alpha value is -1.11. The molecule has 1 saturated heterocycles. The number of rotatable bonds is 1. The molecule has 1 aromatic carbocycles. The zero-order valence-electron chi connectivity index (χ0n) is 7.94. The summed E-state index contributed by atoms with van der Waals surface area (Å²) in [5.41, 5.74) is 0.551. The maximum atomic E-state index is 11.6. The molecule has 78 valence electrons. The fourth-order valence-electron chi connectivity index (χ4n) is 1.35. The van der Waals surface area contributed by atoms with Crippen LogP contribution in [-0.2, 0) is 9.53 Å². The van der Waals surface area contributed by atoms with Crippen LogP contribution in [0.2, 0.25) is 0 Å². The van der Waals surface area contributed by atoms with E-state index in [2.05, 4.69) is 22.6 Å². The van der Waals surface area contributed by atoms with Crippen LogP contribution in [0.1, 0.15) is 6.92 Å². The average Bonchev–Trinajstić information content (AvgIpc) is 2.44. The lowest BCUT2D eigenvalue weighted by molar-refractivity contribution is -0.121. The van der Waals surface area contributed by atoms with Crippen LogP contribution in [0.15, 0.2) is 24.3 Å². The van der Waals surface area contributed by atoms with Crippen molar-refractivity contribution in [3.8, 4) is 0 Å². The molecule has 1 aromatic rings. The van der Waals surface area contributed by atoms with E-state index < -0.39 is 12.2 Å². The number of anilines is 1. The van der Waals surface area contributed by atoms with E-state index >= 15 is 0 Å². The number of amides is 2. The summed E-state index contributed by atoms with van der Waals surface area (Å²) < 4.78 is 5.85. The summed E-state index contributed by atoms with van der Waals surface area (Å²) in [6.45, 7) is 1.56. The second-order valence-electron chi connectivity index (χ2n) is 3.18. The summed E-state index contributed by atoms with van der Waals surface area (Å²) in [7, 11) is 0. The normalized spacial score (nSPS) is 20.7. The molecule has 1 atom stereocenters. The molecule has 2 amide bonds. The van der Waals surface area contributed by atoms with Crippen molar-refractivity contribution in [1.29, 1.82) is 0 Å². The first kappa shape index (κ1) is 10.4.